The Morgan fingerprint density at radius 2 is 2.25 bits per heavy atom. The molecular weight excluding hydrogens is 252 g/mol. The van der Waals surface area contributed by atoms with Gasteiger partial charge in [0.1, 0.15) is 0 Å². The van der Waals surface area contributed by atoms with Crippen LogP contribution in [0.5, 0.6) is 0 Å². The average molecular weight is 274 g/mol. The third-order valence-electron chi connectivity index (χ3n) is 4.62. The molecule has 1 aromatic carbocycles. The fourth-order valence-electron chi connectivity index (χ4n) is 3.32. The van der Waals surface area contributed by atoms with Gasteiger partial charge in [-0.25, -0.2) is 0 Å². The molecule has 3 atom stereocenters. The molecule has 1 saturated heterocycles. The second kappa shape index (κ2) is 5.44. The summed E-state index contributed by atoms with van der Waals surface area (Å²) < 4.78 is 0. The second-order valence-electron chi connectivity index (χ2n) is 6.02. The van der Waals surface area contributed by atoms with Gasteiger partial charge >= 0.3 is 0 Å². The first-order valence-electron chi connectivity index (χ1n) is 7.43. The molecule has 0 aliphatic carbocycles. The Morgan fingerprint density at radius 3 is 3.00 bits per heavy atom. The van der Waals surface area contributed by atoms with Crippen molar-refractivity contribution in [2.45, 2.75) is 25.8 Å². The van der Waals surface area contributed by atoms with Crippen molar-refractivity contribution in [1.82, 2.24) is 4.90 Å². The molecule has 0 aromatic heterocycles. The van der Waals surface area contributed by atoms with Crippen LogP contribution in [-0.2, 0) is 11.2 Å². The molecule has 3 rings (SSSR count). The number of hydrogen-bond donors (Lipinski definition) is 2. The summed E-state index contributed by atoms with van der Waals surface area (Å²) in [5.41, 5.74) is 2.38. The zero-order valence-corrected chi connectivity index (χ0v) is 11.9. The summed E-state index contributed by atoms with van der Waals surface area (Å²) in [6.45, 7) is 3.76. The lowest BCUT2D eigenvalue weighted by Crippen LogP contribution is -2.44. The van der Waals surface area contributed by atoms with Crippen LogP contribution in [0.2, 0.25) is 0 Å². The highest BCUT2D eigenvalue weighted by Gasteiger charge is 2.35. The van der Waals surface area contributed by atoms with Gasteiger partial charge in [-0.15, -0.1) is 0 Å². The Labute approximate surface area is 119 Å². The molecule has 2 N–H and O–H groups in total. The lowest BCUT2D eigenvalue weighted by Gasteiger charge is -2.34. The largest absolute Gasteiger partial charge is 0.396 e. The maximum absolute atomic E-state index is 12.7. The number of fused-ring (bicyclic) bond motifs is 1. The lowest BCUT2D eigenvalue weighted by atomic mass is 9.87. The molecule has 4 nitrogen and oxygen atoms in total. The Balaban J connectivity index is 1.73. The van der Waals surface area contributed by atoms with E-state index in [1.165, 1.54) is 5.56 Å². The summed E-state index contributed by atoms with van der Waals surface area (Å²) in [5, 5.41) is 12.7. The van der Waals surface area contributed by atoms with Crippen LogP contribution >= 0.6 is 0 Å². The minimum Gasteiger partial charge on any atom is -0.396 e. The maximum atomic E-state index is 12.7. The molecule has 3 unspecified atom stereocenters. The molecule has 2 aliphatic heterocycles. The number of hydrogen-bond acceptors (Lipinski definition) is 3. The summed E-state index contributed by atoms with van der Waals surface area (Å²) in [6.07, 6.45) is 1.73. The summed E-state index contributed by atoms with van der Waals surface area (Å²) >= 11 is 0. The summed E-state index contributed by atoms with van der Waals surface area (Å²) in [7, 11) is 0. The highest BCUT2D eigenvalue weighted by molar-refractivity contribution is 5.82. The normalized spacial score (nSPS) is 28.9. The van der Waals surface area contributed by atoms with E-state index in [4.69, 9.17) is 0 Å². The van der Waals surface area contributed by atoms with Crippen molar-refractivity contribution < 1.29 is 9.90 Å². The number of aliphatic hydroxyl groups is 1. The molecule has 1 fully saturated rings. The zero-order chi connectivity index (χ0) is 14.1. The number of nitrogens with zero attached hydrogens (tertiary/aromatic N) is 1. The number of anilines is 1. The molecular formula is C16H22N2O2. The molecule has 2 heterocycles. The van der Waals surface area contributed by atoms with E-state index in [9.17, 15) is 9.90 Å². The number of amides is 1. The van der Waals surface area contributed by atoms with Crippen LogP contribution in [0, 0.1) is 11.8 Å². The number of carbonyl (C=O) groups is 1. The molecule has 4 heteroatoms. The minimum atomic E-state index is 0.00217. The van der Waals surface area contributed by atoms with Crippen LogP contribution < -0.4 is 5.32 Å². The number of likely N-dealkylation sites (tertiary alicyclic amines) is 1. The zero-order valence-electron chi connectivity index (χ0n) is 11.9. The molecule has 108 valence electrons. The third kappa shape index (κ3) is 2.40. The standard InChI is InChI=1S/C16H22N2O2/c1-11-14(8-13-4-2-3-5-15(13)17-11)16(20)18-7-6-12(9-18)10-19/h2-5,11-12,14,17,19H,6-10H2,1H3. The van der Waals surface area contributed by atoms with Crippen molar-refractivity contribution >= 4 is 11.6 Å². The monoisotopic (exact) mass is 274 g/mol. The molecule has 0 saturated carbocycles. The molecule has 20 heavy (non-hydrogen) atoms. The Hall–Kier alpha value is -1.55. The van der Waals surface area contributed by atoms with Gasteiger partial charge in [-0.1, -0.05) is 18.2 Å². The van der Waals surface area contributed by atoms with Crippen LogP contribution in [-0.4, -0.2) is 41.7 Å². The van der Waals surface area contributed by atoms with Crippen LogP contribution in [0.1, 0.15) is 18.9 Å². The molecule has 0 spiro atoms. The molecule has 0 radical (unpaired) electrons. The first kappa shape index (κ1) is 13.4. The van der Waals surface area contributed by atoms with Gasteiger partial charge in [0.2, 0.25) is 5.91 Å². The quantitative estimate of drug-likeness (QED) is 0.859. The van der Waals surface area contributed by atoms with E-state index in [0.29, 0.717) is 6.54 Å². The van der Waals surface area contributed by atoms with Gasteiger partial charge in [-0.3, -0.25) is 4.79 Å². The minimum absolute atomic E-state index is 0.00217. The van der Waals surface area contributed by atoms with Crippen molar-refractivity contribution in [3.8, 4) is 0 Å². The average Bonchev–Trinajstić information content (AvgIpc) is 2.94. The summed E-state index contributed by atoms with van der Waals surface area (Å²) in [4.78, 5) is 14.6. The van der Waals surface area contributed by atoms with Crippen LogP contribution in [0.3, 0.4) is 0 Å². The van der Waals surface area contributed by atoms with E-state index in [1.807, 2.05) is 17.0 Å². The molecule has 2 aliphatic rings. The number of nitrogens with one attached hydrogen (secondary N) is 1. The predicted octanol–water partition coefficient (Wildman–Crippen LogP) is 1.50. The van der Waals surface area contributed by atoms with E-state index < -0.39 is 0 Å². The fourth-order valence-corrected chi connectivity index (χ4v) is 3.32. The first-order valence-corrected chi connectivity index (χ1v) is 7.43. The number of para-hydroxylation sites is 1. The van der Waals surface area contributed by atoms with Gasteiger partial charge in [0, 0.05) is 37.3 Å². The lowest BCUT2D eigenvalue weighted by molar-refractivity contribution is -0.135. The van der Waals surface area contributed by atoms with E-state index >= 15 is 0 Å². The topological polar surface area (TPSA) is 52.6 Å². The van der Waals surface area contributed by atoms with Gasteiger partial charge in [0.05, 0.1) is 5.92 Å². The van der Waals surface area contributed by atoms with E-state index in [1.54, 1.807) is 0 Å². The molecule has 1 aromatic rings. The van der Waals surface area contributed by atoms with Crippen LogP contribution in [0.25, 0.3) is 0 Å². The van der Waals surface area contributed by atoms with Gasteiger partial charge < -0.3 is 15.3 Å². The Morgan fingerprint density at radius 1 is 1.45 bits per heavy atom. The van der Waals surface area contributed by atoms with Crippen LogP contribution in [0.15, 0.2) is 24.3 Å². The molecule has 1 amide bonds. The first-order chi connectivity index (χ1) is 9.69. The highest BCUT2D eigenvalue weighted by Crippen LogP contribution is 2.30. The van der Waals surface area contributed by atoms with Crippen molar-refractivity contribution in [3.63, 3.8) is 0 Å². The van der Waals surface area contributed by atoms with Crippen molar-refractivity contribution in [3.05, 3.63) is 29.8 Å². The second-order valence-corrected chi connectivity index (χ2v) is 6.02. The molecule has 0 bridgehead atoms. The Bertz CT molecular complexity index is 503. The summed E-state index contributed by atoms with van der Waals surface area (Å²) in [5.74, 6) is 0.496. The SMILES string of the molecule is CC1Nc2ccccc2CC1C(=O)N1CCC(CO)C1. The number of carbonyl (C=O) groups excluding carboxylic acids is 1. The van der Waals surface area contributed by atoms with E-state index in [0.717, 1.165) is 25.1 Å². The van der Waals surface area contributed by atoms with Crippen molar-refractivity contribution in [1.29, 1.82) is 0 Å². The number of aliphatic hydroxyl groups excluding tert-OH is 1. The van der Waals surface area contributed by atoms with E-state index in [-0.39, 0.29) is 30.4 Å². The Kier molecular flexibility index (Phi) is 3.66. The fraction of sp³-hybridized carbons (Fsp3) is 0.562. The van der Waals surface area contributed by atoms with Gasteiger partial charge in [-0.05, 0) is 31.4 Å². The highest BCUT2D eigenvalue weighted by atomic mass is 16.3. The van der Waals surface area contributed by atoms with Gasteiger partial charge in [0.15, 0.2) is 0 Å². The van der Waals surface area contributed by atoms with Crippen molar-refractivity contribution in [2.24, 2.45) is 11.8 Å². The van der Waals surface area contributed by atoms with Crippen molar-refractivity contribution in [2.75, 3.05) is 25.0 Å². The van der Waals surface area contributed by atoms with Gasteiger partial charge in [-0.2, -0.15) is 0 Å². The van der Waals surface area contributed by atoms with Gasteiger partial charge in [0.25, 0.3) is 0 Å². The predicted molar refractivity (Wildman–Crippen MR) is 78.5 cm³/mol. The third-order valence-corrected chi connectivity index (χ3v) is 4.62. The smallest absolute Gasteiger partial charge is 0.228 e. The van der Waals surface area contributed by atoms with E-state index in [2.05, 4.69) is 24.4 Å². The number of benzene rings is 1. The number of rotatable bonds is 2. The van der Waals surface area contributed by atoms with Crippen LogP contribution in [0.4, 0.5) is 5.69 Å². The summed E-state index contributed by atoms with van der Waals surface area (Å²) in [6, 6.07) is 8.37. The maximum Gasteiger partial charge on any atom is 0.228 e.